The zero-order valence-corrected chi connectivity index (χ0v) is 20.3. The van der Waals surface area contributed by atoms with Gasteiger partial charge in [-0.25, -0.2) is 9.97 Å². The topological polar surface area (TPSA) is 133 Å². The summed E-state index contributed by atoms with van der Waals surface area (Å²) < 4.78 is 0. The van der Waals surface area contributed by atoms with Gasteiger partial charge in [0.2, 0.25) is 0 Å². The molecular formula is C24H30N8OS. The van der Waals surface area contributed by atoms with E-state index in [4.69, 9.17) is 16.0 Å². The summed E-state index contributed by atoms with van der Waals surface area (Å²) in [5.41, 5.74) is 6.17. The van der Waals surface area contributed by atoms with Gasteiger partial charge in [0.1, 0.15) is 16.5 Å². The molecular weight excluding hydrogens is 448 g/mol. The number of nitrogens with two attached hydrogens (primary N) is 1. The number of nitriles is 1. The number of carbonyl (C=O) groups excluding carboxylic acids is 1. The van der Waals surface area contributed by atoms with Gasteiger partial charge < -0.3 is 16.4 Å². The molecule has 3 aromatic rings. The fourth-order valence-corrected chi connectivity index (χ4v) is 5.46. The van der Waals surface area contributed by atoms with Gasteiger partial charge in [0.05, 0.1) is 17.8 Å². The predicted octanol–water partition coefficient (Wildman–Crippen LogP) is 4.28. The van der Waals surface area contributed by atoms with Crippen LogP contribution in [0.15, 0.2) is 30.6 Å². The Labute approximate surface area is 203 Å². The van der Waals surface area contributed by atoms with E-state index >= 15 is 0 Å². The number of thiazole rings is 1. The number of amides is 1. The lowest BCUT2D eigenvalue weighted by Gasteiger charge is -2.45. The Balaban J connectivity index is 1.59. The summed E-state index contributed by atoms with van der Waals surface area (Å²) >= 11 is 1.19. The summed E-state index contributed by atoms with van der Waals surface area (Å²) in [6, 6.07) is 9.23. The van der Waals surface area contributed by atoms with Crippen molar-refractivity contribution in [2.24, 2.45) is 5.73 Å². The van der Waals surface area contributed by atoms with Crippen LogP contribution >= 0.6 is 11.3 Å². The molecule has 1 amide bonds. The zero-order chi connectivity index (χ0) is 24.1. The van der Waals surface area contributed by atoms with Crippen LogP contribution in [0.4, 0.5) is 16.8 Å². The Morgan fingerprint density at radius 1 is 1.29 bits per heavy atom. The summed E-state index contributed by atoms with van der Waals surface area (Å²) in [5.74, 6) is 0.877. The lowest BCUT2D eigenvalue weighted by molar-refractivity contribution is 0.0735. The zero-order valence-electron chi connectivity index (χ0n) is 19.5. The molecule has 10 heteroatoms. The molecule has 34 heavy (non-hydrogen) atoms. The highest BCUT2D eigenvalue weighted by atomic mass is 32.1. The first kappa shape index (κ1) is 23.9. The van der Waals surface area contributed by atoms with E-state index in [1.165, 1.54) is 17.5 Å². The van der Waals surface area contributed by atoms with E-state index in [0.717, 1.165) is 48.9 Å². The quantitative estimate of drug-likeness (QED) is 0.415. The maximum absolute atomic E-state index is 11.4. The number of piperidine rings is 1. The van der Waals surface area contributed by atoms with Crippen molar-refractivity contribution in [2.45, 2.75) is 64.1 Å². The van der Waals surface area contributed by atoms with Crippen LogP contribution in [0.25, 0.3) is 10.9 Å². The summed E-state index contributed by atoms with van der Waals surface area (Å²) in [6.45, 7) is 5.26. The third-order valence-corrected chi connectivity index (χ3v) is 7.33. The third kappa shape index (κ3) is 5.26. The average Bonchev–Trinajstić information content (AvgIpc) is 3.31. The second kappa shape index (κ2) is 10.8. The lowest BCUT2D eigenvalue weighted by Crippen LogP contribution is -2.52. The minimum absolute atomic E-state index is 0.265. The highest BCUT2D eigenvalue weighted by Gasteiger charge is 2.33. The molecule has 0 aliphatic carbocycles. The van der Waals surface area contributed by atoms with Gasteiger partial charge >= 0.3 is 0 Å². The van der Waals surface area contributed by atoms with Crippen LogP contribution in [0.3, 0.4) is 0 Å². The van der Waals surface area contributed by atoms with E-state index in [-0.39, 0.29) is 6.04 Å². The van der Waals surface area contributed by atoms with Crippen molar-refractivity contribution in [3.63, 3.8) is 0 Å². The van der Waals surface area contributed by atoms with Crippen molar-refractivity contribution < 1.29 is 4.79 Å². The summed E-state index contributed by atoms with van der Waals surface area (Å²) in [5, 5.41) is 17.5. The number of fused-ring (bicyclic) bond motifs is 1. The van der Waals surface area contributed by atoms with Gasteiger partial charge in [-0.15, -0.1) is 0 Å². The molecule has 1 saturated heterocycles. The first-order valence-corrected chi connectivity index (χ1v) is 12.5. The second-order valence-electron chi connectivity index (χ2n) is 8.53. The Bertz CT molecular complexity index is 1180. The highest BCUT2D eigenvalue weighted by molar-refractivity contribution is 7.17. The minimum Gasteiger partial charge on any atom is -0.367 e. The molecule has 0 spiro atoms. The van der Waals surface area contributed by atoms with Crippen molar-refractivity contribution in [1.29, 1.82) is 5.26 Å². The molecule has 1 aliphatic heterocycles. The van der Waals surface area contributed by atoms with Crippen molar-refractivity contribution >= 4 is 44.9 Å². The molecule has 4 rings (SSSR count). The van der Waals surface area contributed by atoms with Crippen LogP contribution in [0, 0.1) is 11.3 Å². The van der Waals surface area contributed by atoms with Gasteiger partial charge in [0.15, 0.2) is 5.13 Å². The van der Waals surface area contributed by atoms with E-state index < -0.39 is 5.91 Å². The molecule has 1 fully saturated rings. The Hall–Kier alpha value is -3.29. The molecule has 4 N–H and O–H groups in total. The van der Waals surface area contributed by atoms with Crippen LogP contribution in [0.1, 0.15) is 55.6 Å². The van der Waals surface area contributed by atoms with Crippen LogP contribution in [0.2, 0.25) is 0 Å². The number of aromatic nitrogens is 3. The predicted molar refractivity (Wildman–Crippen MR) is 135 cm³/mol. The number of nitrogens with zero attached hydrogens (tertiary/aromatic N) is 5. The number of hydrogen-bond donors (Lipinski definition) is 3. The molecule has 2 unspecified atom stereocenters. The molecule has 0 radical (unpaired) electrons. The van der Waals surface area contributed by atoms with E-state index in [0.29, 0.717) is 34.3 Å². The first-order valence-electron chi connectivity index (χ1n) is 11.7. The van der Waals surface area contributed by atoms with Crippen molar-refractivity contribution in [3.05, 3.63) is 35.5 Å². The Morgan fingerprint density at radius 3 is 2.71 bits per heavy atom. The van der Waals surface area contributed by atoms with Gasteiger partial charge in [-0.2, -0.15) is 5.26 Å². The number of likely N-dealkylation sites (tertiary alicyclic amines) is 1. The number of carbonyl (C=O) groups is 1. The number of rotatable bonds is 9. The van der Waals surface area contributed by atoms with E-state index in [2.05, 4.69) is 45.4 Å². The molecule has 0 bridgehead atoms. The standard InChI is InChI=1S/C24H30N8OS/c1-3-16-11-15(12-17(4-2)32(16)10-6-8-25)29-23-18-7-5-9-27-19(18)13-21(30-23)31-24-28-14-20(34-24)22(26)33/h5,7,9,13-17H,3-4,6,10-12H2,1-2H3,(H2,26,33)(H2,28,29,30,31). The fourth-order valence-electron chi connectivity index (χ4n) is 4.78. The maximum Gasteiger partial charge on any atom is 0.260 e. The third-order valence-electron chi connectivity index (χ3n) is 6.40. The summed E-state index contributed by atoms with van der Waals surface area (Å²) in [6.07, 6.45) is 7.86. The van der Waals surface area contributed by atoms with Gasteiger partial charge in [0.25, 0.3) is 5.91 Å². The van der Waals surface area contributed by atoms with Crippen molar-refractivity contribution in [1.82, 2.24) is 19.9 Å². The van der Waals surface area contributed by atoms with E-state index in [1.54, 1.807) is 6.20 Å². The number of nitrogens with one attached hydrogen (secondary N) is 2. The van der Waals surface area contributed by atoms with Gasteiger partial charge in [0, 0.05) is 48.7 Å². The molecule has 0 saturated carbocycles. The SMILES string of the molecule is CCC1CC(Nc2nc(Nc3ncc(C(N)=O)s3)cc3ncccc23)CC(CC)N1CCC#N. The Kier molecular flexibility index (Phi) is 7.55. The van der Waals surface area contributed by atoms with Gasteiger partial charge in [-0.3, -0.25) is 14.7 Å². The van der Waals surface area contributed by atoms with E-state index in [9.17, 15) is 4.79 Å². The van der Waals surface area contributed by atoms with Gasteiger partial charge in [-0.1, -0.05) is 25.2 Å². The van der Waals surface area contributed by atoms with Gasteiger partial charge in [-0.05, 0) is 37.8 Å². The summed E-state index contributed by atoms with van der Waals surface area (Å²) in [7, 11) is 0. The molecule has 2 atom stereocenters. The summed E-state index contributed by atoms with van der Waals surface area (Å²) in [4.78, 5) is 27.9. The monoisotopic (exact) mass is 478 g/mol. The smallest absolute Gasteiger partial charge is 0.260 e. The number of pyridine rings is 2. The normalized spacial score (nSPS) is 20.7. The molecule has 4 heterocycles. The highest BCUT2D eigenvalue weighted by Crippen LogP contribution is 2.32. The molecule has 0 aromatic carbocycles. The average molecular weight is 479 g/mol. The van der Waals surface area contributed by atoms with Crippen molar-refractivity contribution in [2.75, 3.05) is 17.2 Å². The van der Waals surface area contributed by atoms with Crippen LogP contribution < -0.4 is 16.4 Å². The van der Waals surface area contributed by atoms with Crippen LogP contribution in [-0.2, 0) is 0 Å². The maximum atomic E-state index is 11.4. The number of primary amides is 1. The van der Waals surface area contributed by atoms with Crippen LogP contribution in [0.5, 0.6) is 0 Å². The number of anilines is 3. The number of hydrogen-bond acceptors (Lipinski definition) is 9. The first-order chi connectivity index (χ1) is 16.5. The molecule has 1 aliphatic rings. The Morgan fingerprint density at radius 2 is 2.06 bits per heavy atom. The largest absolute Gasteiger partial charge is 0.367 e. The van der Waals surface area contributed by atoms with Crippen molar-refractivity contribution in [3.8, 4) is 6.07 Å². The molecule has 3 aromatic heterocycles. The minimum atomic E-state index is -0.502. The molecule has 178 valence electrons. The molecule has 9 nitrogen and oxygen atoms in total. The lowest BCUT2D eigenvalue weighted by atomic mass is 9.88. The second-order valence-corrected chi connectivity index (χ2v) is 9.56. The van der Waals surface area contributed by atoms with E-state index in [1.807, 2.05) is 18.2 Å². The fraction of sp³-hybridized carbons (Fsp3) is 0.458. The van der Waals surface area contributed by atoms with Crippen LogP contribution in [-0.4, -0.2) is 50.4 Å².